The van der Waals surface area contributed by atoms with Crippen molar-refractivity contribution in [3.05, 3.63) is 65.3 Å². The summed E-state index contributed by atoms with van der Waals surface area (Å²) in [6, 6.07) is 17.7. The van der Waals surface area contributed by atoms with Crippen LogP contribution >= 0.6 is 23.4 Å². The van der Waals surface area contributed by atoms with Crippen LogP contribution in [0.2, 0.25) is 5.02 Å². The van der Waals surface area contributed by atoms with Crippen LogP contribution in [0.15, 0.2) is 59.5 Å². The highest BCUT2D eigenvalue weighted by Gasteiger charge is 2.27. The van der Waals surface area contributed by atoms with Gasteiger partial charge in [-0.2, -0.15) is 0 Å². The molecule has 0 bridgehead atoms. The molecular formula is C23H25ClN4OS. The molecule has 5 nitrogen and oxygen atoms in total. The van der Waals surface area contributed by atoms with E-state index in [1.54, 1.807) is 11.8 Å². The third-order valence-electron chi connectivity index (χ3n) is 5.02. The number of hydrogen-bond acceptors (Lipinski definition) is 6. The van der Waals surface area contributed by atoms with Gasteiger partial charge in [0.15, 0.2) is 5.82 Å². The molecule has 156 valence electrons. The fraction of sp³-hybridized carbons (Fsp3) is 0.304. The lowest BCUT2D eigenvalue weighted by Gasteiger charge is -2.30. The van der Waals surface area contributed by atoms with E-state index in [9.17, 15) is 0 Å². The smallest absolute Gasteiger partial charge is 0.161 e. The molecule has 0 atom stereocenters. The molecule has 1 fully saturated rings. The number of thioether (sulfide) groups is 1. The van der Waals surface area contributed by atoms with E-state index >= 15 is 0 Å². The van der Waals surface area contributed by atoms with Gasteiger partial charge in [0.25, 0.3) is 0 Å². The minimum absolute atomic E-state index is 0.264. The van der Waals surface area contributed by atoms with Crippen molar-refractivity contribution in [2.75, 3.05) is 36.9 Å². The molecule has 1 aliphatic rings. The van der Waals surface area contributed by atoms with Crippen molar-refractivity contribution in [3.8, 4) is 11.4 Å². The van der Waals surface area contributed by atoms with Gasteiger partial charge in [0, 0.05) is 40.3 Å². The number of aromatic nitrogens is 2. The Hall–Kier alpha value is -2.28. The Morgan fingerprint density at radius 2 is 1.67 bits per heavy atom. The van der Waals surface area contributed by atoms with Gasteiger partial charge < -0.3 is 15.4 Å². The first-order valence-electron chi connectivity index (χ1n) is 9.93. The molecule has 0 amide bonds. The lowest BCUT2D eigenvalue weighted by atomic mass is 10.1. The normalized spacial score (nSPS) is 14.7. The molecule has 1 saturated heterocycles. The molecule has 1 aliphatic heterocycles. The quantitative estimate of drug-likeness (QED) is 0.432. The predicted molar refractivity (Wildman–Crippen MR) is 125 cm³/mol. The fourth-order valence-corrected chi connectivity index (χ4v) is 4.50. The monoisotopic (exact) mass is 440 g/mol. The number of anilines is 2. The molecule has 0 radical (unpaired) electrons. The molecule has 0 saturated carbocycles. The van der Waals surface area contributed by atoms with E-state index in [2.05, 4.69) is 24.8 Å². The SMILES string of the molecule is CC(C)(Sc1ccc(Cl)cc1)c1cc(N2CCOCC2)nc(-c2ccc(N)cc2)n1. The van der Waals surface area contributed by atoms with Gasteiger partial charge in [0.05, 0.1) is 23.7 Å². The molecule has 30 heavy (non-hydrogen) atoms. The van der Waals surface area contributed by atoms with Gasteiger partial charge in [-0.15, -0.1) is 11.8 Å². The molecule has 7 heteroatoms. The van der Waals surface area contributed by atoms with E-state index in [4.69, 9.17) is 32.0 Å². The van der Waals surface area contributed by atoms with Crippen molar-refractivity contribution < 1.29 is 4.74 Å². The number of nitrogen functional groups attached to an aromatic ring is 1. The number of rotatable bonds is 5. The van der Waals surface area contributed by atoms with E-state index in [-0.39, 0.29) is 4.75 Å². The lowest BCUT2D eigenvalue weighted by Crippen LogP contribution is -2.37. The van der Waals surface area contributed by atoms with Crippen LogP contribution in [0.4, 0.5) is 11.5 Å². The molecule has 0 unspecified atom stereocenters. The molecule has 2 aromatic carbocycles. The Kier molecular flexibility index (Phi) is 6.18. The molecular weight excluding hydrogens is 416 g/mol. The average Bonchev–Trinajstić information content (AvgIpc) is 2.76. The Morgan fingerprint density at radius 3 is 2.33 bits per heavy atom. The van der Waals surface area contributed by atoms with Crippen LogP contribution in [-0.4, -0.2) is 36.3 Å². The molecule has 3 aromatic rings. The molecule has 4 rings (SSSR count). The van der Waals surface area contributed by atoms with Crippen LogP contribution < -0.4 is 10.6 Å². The second-order valence-corrected chi connectivity index (χ2v) is 9.86. The number of ether oxygens (including phenoxy) is 1. The van der Waals surface area contributed by atoms with Crippen molar-refractivity contribution in [3.63, 3.8) is 0 Å². The van der Waals surface area contributed by atoms with Crippen LogP contribution in [0.3, 0.4) is 0 Å². The van der Waals surface area contributed by atoms with Gasteiger partial charge in [-0.05, 0) is 62.4 Å². The molecule has 0 spiro atoms. The maximum atomic E-state index is 6.05. The highest BCUT2D eigenvalue weighted by molar-refractivity contribution is 8.00. The van der Waals surface area contributed by atoms with Gasteiger partial charge >= 0.3 is 0 Å². The second kappa shape index (κ2) is 8.84. The summed E-state index contributed by atoms with van der Waals surface area (Å²) in [5.74, 6) is 1.64. The van der Waals surface area contributed by atoms with Crippen molar-refractivity contribution in [1.29, 1.82) is 0 Å². The Labute approximate surface area is 186 Å². The summed E-state index contributed by atoms with van der Waals surface area (Å²) >= 11 is 7.81. The first-order valence-corrected chi connectivity index (χ1v) is 11.1. The average molecular weight is 441 g/mol. The number of hydrogen-bond donors (Lipinski definition) is 1. The topological polar surface area (TPSA) is 64.3 Å². The van der Waals surface area contributed by atoms with Gasteiger partial charge in [0.1, 0.15) is 5.82 Å². The number of halogens is 1. The van der Waals surface area contributed by atoms with E-state index in [0.717, 1.165) is 45.8 Å². The Morgan fingerprint density at radius 1 is 1.00 bits per heavy atom. The van der Waals surface area contributed by atoms with Gasteiger partial charge in [-0.1, -0.05) is 11.6 Å². The summed E-state index contributed by atoms with van der Waals surface area (Å²) in [5.41, 5.74) is 8.52. The zero-order chi connectivity index (χ0) is 21.1. The summed E-state index contributed by atoms with van der Waals surface area (Å²) in [5, 5.41) is 0.736. The maximum Gasteiger partial charge on any atom is 0.161 e. The van der Waals surface area contributed by atoms with Crippen LogP contribution in [-0.2, 0) is 9.48 Å². The summed E-state index contributed by atoms with van der Waals surface area (Å²) in [7, 11) is 0. The lowest BCUT2D eigenvalue weighted by molar-refractivity contribution is 0.122. The molecule has 1 aromatic heterocycles. The fourth-order valence-electron chi connectivity index (χ4n) is 3.31. The highest BCUT2D eigenvalue weighted by atomic mass is 35.5. The first kappa shape index (κ1) is 21.0. The Balaban J connectivity index is 1.73. The molecule has 2 heterocycles. The van der Waals surface area contributed by atoms with Crippen LogP contribution in [0, 0.1) is 0 Å². The van der Waals surface area contributed by atoms with Gasteiger partial charge in [0.2, 0.25) is 0 Å². The van der Waals surface area contributed by atoms with Crippen LogP contribution in [0.25, 0.3) is 11.4 Å². The summed E-state index contributed by atoms with van der Waals surface area (Å²) < 4.78 is 5.26. The van der Waals surface area contributed by atoms with E-state index < -0.39 is 0 Å². The van der Waals surface area contributed by atoms with Crippen molar-refractivity contribution in [2.24, 2.45) is 0 Å². The number of nitrogens with two attached hydrogens (primary N) is 1. The zero-order valence-electron chi connectivity index (χ0n) is 17.1. The Bertz CT molecular complexity index is 1000. The standard InChI is InChI=1S/C23H25ClN4OS/c1-23(2,30-19-9-5-17(24)6-10-19)20-15-21(28-11-13-29-14-12-28)27-22(26-20)16-3-7-18(25)8-4-16/h3-10,15H,11-14,25H2,1-2H3. The van der Waals surface area contributed by atoms with E-state index in [1.165, 1.54) is 0 Å². The van der Waals surface area contributed by atoms with Crippen molar-refractivity contribution >= 4 is 34.9 Å². The summed E-state index contributed by atoms with van der Waals surface area (Å²) in [6.45, 7) is 7.43. The third kappa shape index (κ3) is 4.89. The van der Waals surface area contributed by atoms with Crippen LogP contribution in [0.1, 0.15) is 19.5 Å². The largest absolute Gasteiger partial charge is 0.399 e. The highest BCUT2D eigenvalue weighted by Crippen LogP contribution is 2.41. The van der Waals surface area contributed by atoms with E-state index in [0.29, 0.717) is 19.0 Å². The van der Waals surface area contributed by atoms with E-state index in [1.807, 2.05) is 48.5 Å². The second-order valence-electron chi connectivity index (χ2n) is 7.72. The summed E-state index contributed by atoms with van der Waals surface area (Å²) in [4.78, 5) is 13.2. The van der Waals surface area contributed by atoms with Gasteiger partial charge in [-0.3, -0.25) is 0 Å². The summed E-state index contributed by atoms with van der Waals surface area (Å²) in [6.07, 6.45) is 0. The third-order valence-corrected chi connectivity index (χ3v) is 6.50. The predicted octanol–water partition coefficient (Wildman–Crippen LogP) is 5.24. The molecule has 0 aliphatic carbocycles. The minimum atomic E-state index is -0.264. The number of nitrogens with zero attached hydrogens (tertiary/aromatic N) is 3. The number of morpholine rings is 1. The minimum Gasteiger partial charge on any atom is -0.399 e. The van der Waals surface area contributed by atoms with Crippen molar-refractivity contribution in [1.82, 2.24) is 9.97 Å². The van der Waals surface area contributed by atoms with Crippen LogP contribution in [0.5, 0.6) is 0 Å². The maximum absolute atomic E-state index is 6.05. The molecule has 2 N–H and O–H groups in total. The van der Waals surface area contributed by atoms with Gasteiger partial charge in [-0.25, -0.2) is 9.97 Å². The zero-order valence-corrected chi connectivity index (χ0v) is 18.7. The van der Waals surface area contributed by atoms with Crippen molar-refractivity contribution in [2.45, 2.75) is 23.5 Å². The number of benzene rings is 2. The first-order chi connectivity index (χ1) is 14.4.